The molecule has 0 unspecified atom stereocenters. The number of amides is 2. The van der Waals surface area contributed by atoms with Crippen molar-refractivity contribution in [3.05, 3.63) is 28.9 Å². The van der Waals surface area contributed by atoms with E-state index in [1.165, 1.54) is 0 Å². The van der Waals surface area contributed by atoms with Gasteiger partial charge in [-0.15, -0.1) is 0 Å². The van der Waals surface area contributed by atoms with E-state index in [1.54, 1.807) is 47.6 Å². The second kappa shape index (κ2) is 10.3. The second-order valence-corrected chi connectivity index (χ2v) is 18.7. The molecule has 0 fully saturated rings. The maximum Gasteiger partial charge on any atom is 0.424 e. The van der Waals surface area contributed by atoms with Crippen LogP contribution in [0.2, 0.25) is 16.6 Å². The summed E-state index contributed by atoms with van der Waals surface area (Å²) in [5, 5.41) is 0.794. The third kappa shape index (κ3) is 5.96. The first-order valence-electron chi connectivity index (χ1n) is 12.4. The largest absolute Gasteiger partial charge is 0.443 e. The molecule has 2 amide bonds. The number of hydrogen-bond donors (Lipinski definition) is 0. The molecular formula is C27H43BrN2O4Si. The number of rotatable bonds is 5. The van der Waals surface area contributed by atoms with Crippen LogP contribution in [0.15, 0.2) is 28.9 Å². The minimum Gasteiger partial charge on any atom is -0.443 e. The zero-order valence-electron chi connectivity index (χ0n) is 23.4. The fourth-order valence-electron chi connectivity index (χ4n) is 5.45. The predicted octanol–water partition coefficient (Wildman–Crippen LogP) is 9.10. The van der Waals surface area contributed by atoms with Crippen molar-refractivity contribution in [2.45, 2.75) is 111 Å². The topological polar surface area (TPSA) is 60.8 Å². The van der Waals surface area contributed by atoms with Crippen molar-refractivity contribution in [2.75, 3.05) is 4.90 Å². The van der Waals surface area contributed by atoms with E-state index in [-0.39, 0.29) is 0 Å². The Morgan fingerprint density at radius 3 is 1.66 bits per heavy atom. The van der Waals surface area contributed by atoms with Crippen LogP contribution < -0.4 is 4.90 Å². The average molecular weight is 568 g/mol. The molecular weight excluding hydrogens is 524 g/mol. The van der Waals surface area contributed by atoms with Gasteiger partial charge in [0.1, 0.15) is 11.2 Å². The lowest BCUT2D eigenvalue weighted by Crippen LogP contribution is -2.51. The smallest absolute Gasteiger partial charge is 0.424 e. The number of hydrogen-bond acceptors (Lipinski definition) is 4. The Morgan fingerprint density at radius 2 is 1.29 bits per heavy atom. The Kier molecular flexibility index (Phi) is 8.65. The SMILES string of the molecule is CC(C)[Si](C(C)C)(C(C)C)n1cc(Br)c2c(N(C(=O)OC(C)(C)C)C(=O)OC(C)(C)C)cccc21. The van der Waals surface area contributed by atoms with Gasteiger partial charge in [0.05, 0.1) is 5.69 Å². The third-order valence-electron chi connectivity index (χ3n) is 6.35. The molecule has 0 saturated carbocycles. The highest BCUT2D eigenvalue weighted by Crippen LogP contribution is 2.47. The van der Waals surface area contributed by atoms with Crippen LogP contribution in [0, 0.1) is 0 Å². The molecule has 0 bridgehead atoms. The number of halogens is 1. The molecule has 35 heavy (non-hydrogen) atoms. The van der Waals surface area contributed by atoms with Gasteiger partial charge in [-0.1, -0.05) is 47.6 Å². The number of ether oxygens (including phenoxy) is 2. The van der Waals surface area contributed by atoms with Gasteiger partial charge < -0.3 is 13.7 Å². The van der Waals surface area contributed by atoms with Crippen LogP contribution in [0.25, 0.3) is 10.9 Å². The number of carbonyl (C=O) groups is 2. The van der Waals surface area contributed by atoms with Crippen LogP contribution in [-0.4, -0.2) is 35.9 Å². The van der Waals surface area contributed by atoms with E-state index in [4.69, 9.17) is 9.47 Å². The highest BCUT2D eigenvalue weighted by Gasteiger charge is 2.46. The van der Waals surface area contributed by atoms with Crippen molar-refractivity contribution in [2.24, 2.45) is 0 Å². The van der Waals surface area contributed by atoms with E-state index >= 15 is 0 Å². The van der Waals surface area contributed by atoms with Crippen molar-refractivity contribution in [1.82, 2.24) is 4.23 Å². The van der Waals surface area contributed by atoms with Crippen LogP contribution >= 0.6 is 15.9 Å². The number of benzene rings is 1. The summed E-state index contributed by atoms with van der Waals surface area (Å²) in [6.45, 7) is 24.5. The minimum atomic E-state index is -2.10. The summed E-state index contributed by atoms with van der Waals surface area (Å²) in [7, 11) is -2.10. The summed E-state index contributed by atoms with van der Waals surface area (Å²) >= 11 is 3.77. The summed E-state index contributed by atoms with van der Waals surface area (Å²) in [6, 6.07) is 5.73. The summed E-state index contributed by atoms with van der Waals surface area (Å²) in [5.41, 5.74) is 1.31. The molecule has 1 aromatic carbocycles. The molecule has 2 aromatic rings. The first-order chi connectivity index (χ1) is 15.8. The standard InChI is InChI=1S/C27H43BrN2O4Si/c1-17(2)35(18(3)4,19(5)6)29-16-20(28)23-21(29)14-13-15-22(23)30(24(31)33-26(7,8)9)25(32)34-27(10,11)12/h13-19H,1-12H3. The highest BCUT2D eigenvalue weighted by atomic mass is 79.9. The lowest BCUT2D eigenvalue weighted by Gasteiger charge is -2.44. The monoisotopic (exact) mass is 566 g/mol. The van der Waals surface area contributed by atoms with Crippen molar-refractivity contribution >= 4 is 52.9 Å². The molecule has 2 rings (SSSR count). The van der Waals surface area contributed by atoms with Crippen LogP contribution in [0.1, 0.15) is 83.1 Å². The maximum atomic E-state index is 13.4. The Balaban J connectivity index is 2.88. The van der Waals surface area contributed by atoms with Gasteiger partial charge >= 0.3 is 12.2 Å². The lowest BCUT2D eigenvalue weighted by molar-refractivity contribution is 0.0431. The predicted molar refractivity (Wildman–Crippen MR) is 151 cm³/mol. The van der Waals surface area contributed by atoms with Crippen molar-refractivity contribution in [3.63, 3.8) is 0 Å². The van der Waals surface area contributed by atoms with Gasteiger partial charge in [0, 0.05) is 21.6 Å². The Bertz CT molecular complexity index is 1030. The quantitative estimate of drug-likeness (QED) is 0.338. The average Bonchev–Trinajstić information content (AvgIpc) is 2.96. The van der Waals surface area contributed by atoms with Gasteiger partial charge in [0.15, 0.2) is 8.24 Å². The zero-order valence-corrected chi connectivity index (χ0v) is 26.0. The van der Waals surface area contributed by atoms with E-state index in [0.29, 0.717) is 22.3 Å². The van der Waals surface area contributed by atoms with Gasteiger partial charge in [0.25, 0.3) is 0 Å². The summed E-state index contributed by atoms with van der Waals surface area (Å²) in [5.74, 6) is 0. The van der Waals surface area contributed by atoms with Crippen molar-refractivity contribution < 1.29 is 19.1 Å². The van der Waals surface area contributed by atoms with Crippen LogP contribution in [-0.2, 0) is 9.47 Å². The molecule has 0 aliphatic carbocycles. The van der Waals surface area contributed by atoms with E-state index in [2.05, 4.69) is 74.0 Å². The zero-order chi connectivity index (χ0) is 27.1. The molecule has 0 spiro atoms. The maximum absolute atomic E-state index is 13.4. The summed E-state index contributed by atoms with van der Waals surface area (Å²) < 4.78 is 14.6. The molecule has 1 heterocycles. The van der Waals surface area contributed by atoms with Crippen molar-refractivity contribution in [3.8, 4) is 0 Å². The fourth-order valence-corrected chi connectivity index (χ4v) is 12.9. The highest BCUT2D eigenvalue weighted by molar-refractivity contribution is 9.10. The number of nitrogens with zero attached hydrogens (tertiary/aromatic N) is 2. The number of fused-ring (bicyclic) bond motifs is 1. The van der Waals surface area contributed by atoms with E-state index < -0.39 is 31.6 Å². The lowest BCUT2D eigenvalue weighted by atomic mass is 10.2. The Labute approximate surface area is 220 Å². The molecule has 0 aliphatic rings. The molecule has 1 aromatic heterocycles. The molecule has 0 N–H and O–H groups in total. The molecule has 0 radical (unpaired) electrons. The summed E-state index contributed by atoms with van der Waals surface area (Å²) in [4.78, 5) is 27.7. The van der Waals surface area contributed by atoms with Gasteiger partial charge in [0.2, 0.25) is 0 Å². The van der Waals surface area contributed by atoms with Crippen LogP contribution in [0.4, 0.5) is 15.3 Å². The second-order valence-electron chi connectivity index (χ2n) is 12.2. The number of aromatic nitrogens is 1. The molecule has 0 aliphatic heterocycles. The number of imide groups is 1. The van der Waals surface area contributed by atoms with E-state index in [9.17, 15) is 9.59 Å². The molecule has 8 heteroatoms. The first kappa shape index (κ1) is 29.4. The van der Waals surface area contributed by atoms with Gasteiger partial charge in [-0.2, -0.15) is 4.90 Å². The Morgan fingerprint density at radius 1 is 0.857 bits per heavy atom. The Hall–Kier alpha value is -1.80. The molecule has 6 nitrogen and oxygen atoms in total. The fraction of sp³-hybridized carbons (Fsp3) is 0.630. The van der Waals surface area contributed by atoms with Crippen LogP contribution in [0.5, 0.6) is 0 Å². The third-order valence-corrected chi connectivity index (χ3v) is 13.7. The van der Waals surface area contributed by atoms with Gasteiger partial charge in [-0.25, -0.2) is 9.59 Å². The van der Waals surface area contributed by atoms with Gasteiger partial charge in [-0.05, 0) is 86.2 Å². The molecule has 0 atom stereocenters. The first-order valence-corrected chi connectivity index (χ1v) is 15.4. The normalized spacial score (nSPS) is 13.1. The number of anilines is 1. The van der Waals surface area contributed by atoms with E-state index in [0.717, 1.165) is 20.3 Å². The van der Waals surface area contributed by atoms with E-state index in [1.807, 2.05) is 6.07 Å². The minimum absolute atomic E-state index is 0.441. The molecule has 196 valence electrons. The van der Waals surface area contributed by atoms with Crippen molar-refractivity contribution in [1.29, 1.82) is 0 Å². The summed E-state index contributed by atoms with van der Waals surface area (Å²) in [6.07, 6.45) is 0.612. The van der Waals surface area contributed by atoms with Crippen LogP contribution in [0.3, 0.4) is 0 Å². The molecule has 0 saturated heterocycles. The van der Waals surface area contributed by atoms with Gasteiger partial charge in [-0.3, -0.25) is 0 Å². The number of carbonyl (C=O) groups excluding carboxylic acids is 2.